The van der Waals surface area contributed by atoms with E-state index in [-0.39, 0.29) is 5.56 Å². The van der Waals surface area contributed by atoms with Gasteiger partial charge in [-0.15, -0.1) is 0 Å². The standard InChI is InChI=1S/C13H12ClFO2/c14-9-3-5-11(12(15)8-9)13(16)6-4-10-2-1-7-17-10/h1-3,5,7-8,13,16H,4,6H2. The maximum atomic E-state index is 13.5. The summed E-state index contributed by atoms with van der Waals surface area (Å²) in [6, 6.07) is 7.88. The van der Waals surface area contributed by atoms with E-state index >= 15 is 0 Å². The minimum Gasteiger partial charge on any atom is -0.469 e. The van der Waals surface area contributed by atoms with Crippen molar-refractivity contribution in [2.75, 3.05) is 0 Å². The molecule has 0 spiro atoms. The smallest absolute Gasteiger partial charge is 0.130 e. The molecular formula is C13H12ClFO2. The van der Waals surface area contributed by atoms with Crippen molar-refractivity contribution in [1.29, 1.82) is 0 Å². The fourth-order valence-corrected chi connectivity index (χ4v) is 1.82. The normalized spacial score (nSPS) is 12.6. The van der Waals surface area contributed by atoms with Crippen LogP contribution in [-0.2, 0) is 6.42 Å². The summed E-state index contributed by atoms with van der Waals surface area (Å²) in [6.07, 6.45) is 1.70. The van der Waals surface area contributed by atoms with Crippen LogP contribution < -0.4 is 0 Å². The minimum absolute atomic E-state index is 0.265. The molecule has 0 amide bonds. The molecule has 1 unspecified atom stereocenters. The largest absolute Gasteiger partial charge is 0.469 e. The highest BCUT2D eigenvalue weighted by Gasteiger charge is 2.13. The molecule has 90 valence electrons. The van der Waals surface area contributed by atoms with E-state index in [0.29, 0.717) is 17.9 Å². The predicted molar refractivity (Wildman–Crippen MR) is 63.4 cm³/mol. The number of hydrogen-bond donors (Lipinski definition) is 1. The molecule has 0 aliphatic rings. The van der Waals surface area contributed by atoms with Gasteiger partial charge in [-0.25, -0.2) is 4.39 Å². The van der Waals surface area contributed by atoms with Crippen LogP contribution in [0.25, 0.3) is 0 Å². The first kappa shape index (κ1) is 12.1. The van der Waals surface area contributed by atoms with Crippen molar-refractivity contribution >= 4 is 11.6 Å². The van der Waals surface area contributed by atoms with Crippen LogP contribution in [0.15, 0.2) is 41.0 Å². The second kappa shape index (κ2) is 5.34. The predicted octanol–water partition coefficient (Wildman–Crippen LogP) is 3.74. The van der Waals surface area contributed by atoms with E-state index in [1.807, 2.05) is 6.07 Å². The Morgan fingerprint density at radius 2 is 2.18 bits per heavy atom. The minimum atomic E-state index is -0.850. The third-order valence-corrected chi connectivity index (χ3v) is 2.80. The van der Waals surface area contributed by atoms with E-state index < -0.39 is 11.9 Å². The number of rotatable bonds is 4. The molecule has 2 rings (SSSR count). The number of furan rings is 1. The highest BCUT2D eigenvalue weighted by atomic mass is 35.5. The van der Waals surface area contributed by atoms with Gasteiger partial charge in [0.15, 0.2) is 0 Å². The van der Waals surface area contributed by atoms with Gasteiger partial charge in [0.2, 0.25) is 0 Å². The molecule has 0 saturated heterocycles. The molecule has 1 aromatic carbocycles. The lowest BCUT2D eigenvalue weighted by molar-refractivity contribution is 0.161. The summed E-state index contributed by atoms with van der Waals surface area (Å²) >= 11 is 5.64. The summed E-state index contributed by atoms with van der Waals surface area (Å²) in [6.45, 7) is 0. The number of benzene rings is 1. The van der Waals surface area contributed by atoms with Gasteiger partial charge in [-0.05, 0) is 30.7 Å². The van der Waals surface area contributed by atoms with Crippen LogP contribution in [0.4, 0.5) is 4.39 Å². The molecule has 0 bridgehead atoms. The molecule has 1 aromatic heterocycles. The molecule has 17 heavy (non-hydrogen) atoms. The van der Waals surface area contributed by atoms with E-state index in [2.05, 4.69) is 0 Å². The number of aryl methyl sites for hydroxylation is 1. The number of aliphatic hydroxyl groups is 1. The SMILES string of the molecule is OC(CCc1ccco1)c1ccc(Cl)cc1F. The Bertz CT molecular complexity index is 482. The monoisotopic (exact) mass is 254 g/mol. The summed E-state index contributed by atoms with van der Waals surface area (Å²) in [7, 11) is 0. The lowest BCUT2D eigenvalue weighted by atomic mass is 10.0. The molecule has 2 aromatic rings. The summed E-state index contributed by atoms with van der Waals surface area (Å²) < 4.78 is 18.6. The lowest BCUT2D eigenvalue weighted by Gasteiger charge is -2.11. The number of hydrogen-bond acceptors (Lipinski definition) is 2. The first-order valence-electron chi connectivity index (χ1n) is 5.32. The highest BCUT2D eigenvalue weighted by molar-refractivity contribution is 6.30. The molecule has 1 N–H and O–H groups in total. The van der Waals surface area contributed by atoms with E-state index in [1.54, 1.807) is 18.4 Å². The lowest BCUT2D eigenvalue weighted by Crippen LogP contribution is -2.02. The molecule has 0 saturated carbocycles. The molecule has 0 aliphatic carbocycles. The fraction of sp³-hybridized carbons (Fsp3) is 0.231. The topological polar surface area (TPSA) is 33.4 Å². The van der Waals surface area contributed by atoms with Crippen molar-refractivity contribution < 1.29 is 13.9 Å². The summed E-state index contributed by atoms with van der Waals surface area (Å²) in [5.41, 5.74) is 0.265. The summed E-state index contributed by atoms with van der Waals surface area (Å²) in [4.78, 5) is 0. The molecule has 0 fully saturated rings. The van der Waals surface area contributed by atoms with E-state index in [0.717, 1.165) is 5.76 Å². The molecular weight excluding hydrogens is 243 g/mol. The zero-order chi connectivity index (χ0) is 12.3. The van der Waals surface area contributed by atoms with Crippen molar-refractivity contribution in [2.45, 2.75) is 18.9 Å². The van der Waals surface area contributed by atoms with Crippen molar-refractivity contribution in [3.05, 3.63) is 58.8 Å². The molecule has 1 heterocycles. The van der Waals surface area contributed by atoms with Gasteiger partial charge in [0, 0.05) is 17.0 Å². The summed E-state index contributed by atoms with van der Waals surface area (Å²) in [5.74, 6) is 0.294. The van der Waals surface area contributed by atoms with Crippen molar-refractivity contribution in [3.63, 3.8) is 0 Å². The highest BCUT2D eigenvalue weighted by Crippen LogP contribution is 2.24. The molecule has 1 atom stereocenters. The maximum Gasteiger partial charge on any atom is 0.130 e. The Balaban J connectivity index is 2.01. The van der Waals surface area contributed by atoms with Gasteiger partial charge in [0.25, 0.3) is 0 Å². The van der Waals surface area contributed by atoms with Crippen molar-refractivity contribution in [3.8, 4) is 0 Å². The van der Waals surface area contributed by atoms with Crippen LogP contribution in [0.2, 0.25) is 5.02 Å². The van der Waals surface area contributed by atoms with Crippen molar-refractivity contribution in [2.24, 2.45) is 0 Å². The van der Waals surface area contributed by atoms with Gasteiger partial charge >= 0.3 is 0 Å². The van der Waals surface area contributed by atoms with E-state index in [1.165, 1.54) is 12.1 Å². The van der Waals surface area contributed by atoms with Crippen molar-refractivity contribution in [1.82, 2.24) is 0 Å². The Morgan fingerprint density at radius 1 is 1.35 bits per heavy atom. The van der Waals surface area contributed by atoms with Gasteiger partial charge in [-0.3, -0.25) is 0 Å². The van der Waals surface area contributed by atoms with Crippen LogP contribution >= 0.6 is 11.6 Å². The quantitative estimate of drug-likeness (QED) is 0.902. The van der Waals surface area contributed by atoms with Gasteiger partial charge in [-0.2, -0.15) is 0 Å². The third kappa shape index (κ3) is 3.08. The van der Waals surface area contributed by atoms with Crippen LogP contribution in [0.1, 0.15) is 23.8 Å². The fourth-order valence-electron chi connectivity index (χ4n) is 1.66. The second-order valence-electron chi connectivity index (χ2n) is 3.80. The number of halogens is 2. The Morgan fingerprint density at radius 3 is 2.82 bits per heavy atom. The maximum absolute atomic E-state index is 13.5. The zero-order valence-corrected chi connectivity index (χ0v) is 9.82. The van der Waals surface area contributed by atoms with Gasteiger partial charge < -0.3 is 9.52 Å². The average molecular weight is 255 g/mol. The Kier molecular flexibility index (Phi) is 3.82. The third-order valence-electron chi connectivity index (χ3n) is 2.57. The van der Waals surface area contributed by atoms with Crippen LogP contribution in [0.5, 0.6) is 0 Å². The first-order valence-corrected chi connectivity index (χ1v) is 5.70. The first-order chi connectivity index (χ1) is 8.16. The molecule has 0 aliphatic heterocycles. The Labute approximate surface area is 104 Å². The van der Waals surface area contributed by atoms with Gasteiger partial charge in [0.05, 0.1) is 12.4 Å². The van der Waals surface area contributed by atoms with E-state index in [4.69, 9.17) is 16.0 Å². The van der Waals surface area contributed by atoms with Crippen LogP contribution in [-0.4, -0.2) is 5.11 Å². The zero-order valence-electron chi connectivity index (χ0n) is 9.07. The van der Waals surface area contributed by atoms with Crippen LogP contribution in [0, 0.1) is 5.82 Å². The summed E-state index contributed by atoms with van der Waals surface area (Å²) in [5, 5.41) is 10.2. The van der Waals surface area contributed by atoms with E-state index in [9.17, 15) is 9.50 Å². The second-order valence-corrected chi connectivity index (χ2v) is 4.24. The number of aliphatic hydroxyl groups excluding tert-OH is 1. The Hall–Kier alpha value is -1.32. The molecule has 4 heteroatoms. The molecule has 2 nitrogen and oxygen atoms in total. The molecule has 0 radical (unpaired) electrons. The van der Waals surface area contributed by atoms with Gasteiger partial charge in [-0.1, -0.05) is 17.7 Å². The average Bonchev–Trinajstić information content (AvgIpc) is 2.78. The van der Waals surface area contributed by atoms with Crippen LogP contribution in [0.3, 0.4) is 0 Å². The van der Waals surface area contributed by atoms with Gasteiger partial charge in [0.1, 0.15) is 11.6 Å².